The van der Waals surface area contributed by atoms with Crippen LogP contribution < -0.4 is 4.74 Å². The van der Waals surface area contributed by atoms with E-state index in [0.717, 1.165) is 0 Å². The summed E-state index contributed by atoms with van der Waals surface area (Å²) >= 11 is 0. The molecule has 1 aromatic carbocycles. The number of rotatable bonds is 2. The van der Waals surface area contributed by atoms with Gasteiger partial charge in [-0.25, -0.2) is 0 Å². The minimum atomic E-state index is -0.960. The van der Waals surface area contributed by atoms with Crippen LogP contribution in [0.25, 0.3) is 0 Å². The molecule has 1 unspecified atom stereocenters. The monoisotopic (exact) mass is 214 g/mol. The molecule has 0 aliphatic heterocycles. The van der Waals surface area contributed by atoms with Gasteiger partial charge < -0.3 is 14.3 Å². The molecule has 2 rings (SSSR count). The number of hydrogen-bond acceptors (Lipinski definition) is 3. The Morgan fingerprint density at radius 3 is 2.62 bits per heavy atom. The number of aliphatic hydroxyl groups is 1. The average Bonchev–Trinajstić information content (AvgIpc) is 2.84. The zero-order valence-corrected chi connectivity index (χ0v) is 8.46. The summed E-state index contributed by atoms with van der Waals surface area (Å²) in [4.78, 5) is 0. The Bertz CT molecular complexity index is 477. The highest BCUT2D eigenvalue weighted by molar-refractivity contribution is 5.24. The highest BCUT2D eigenvalue weighted by Crippen LogP contribution is 2.12. The molecule has 1 aromatic heterocycles. The van der Waals surface area contributed by atoms with Crippen molar-refractivity contribution in [1.82, 2.24) is 0 Å². The van der Waals surface area contributed by atoms with Gasteiger partial charge >= 0.3 is 0 Å². The van der Waals surface area contributed by atoms with E-state index in [9.17, 15) is 5.11 Å². The first-order valence-electron chi connectivity index (χ1n) is 4.80. The Morgan fingerprint density at radius 1 is 1.12 bits per heavy atom. The topological polar surface area (TPSA) is 42.6 Å². The van der Waals surface area contributed by atoms with Gasteiger partial charge in [-0.2, -0.15) is 0 Å². The molecule has 0 aliphatic rings. The van der Waals surface area contributed by atoms with Crippen molar-refractivity contribution in [3.8, 4) is 17.8 Å². The van der Waals surface area contributed by atoms with Gasteiger partial charge in [0.2, 0.25) is 0 Å². The highest BCUT2D eigenvalue weighted by atomic mass is 16.5. The van der Waals surface area contributed by atoms with Crippen LogP contribution in [0.1, 0.15) is 11.9 Å². The Labute approximate surface area is 93.3 Å². The summed E-state index contributed by atoms with van der Waals surface area (Å²) in [6.45, 7) is 0. The van der Waals surface area contributed by atoms with Gasteiger partial charge in [-0.3, -0.25) is 0 Å². The maximum absolute atomic E-state index is 9.54. The zero-order valence-electron chi connectivity index (χ0n) is 8.46. The molecule has 3 nitrogen and oxygen atoms in total. The van der Waals surface area contributed by atoms with Crippen LogP contribution in [0.5, 0.6) is 5.75 Å². The maximum Gasteiger partial charge on any atom is 0.176 e. The summed E-state index contributed by atoms with van der Waals surface area (Å²) < 4.78 is 10.1. The van der Waals surface area contributed by atoms with Crippen molar-refractivity contribution in [2.45, 2.75) is 6.10 Å². The zero-order chi connectivity index (χ0) is 11.2. The first-order valence-corrected chi connectivity index (χ1v) is 4.80. The summed E-state index contributed by atoms with van der Waals surface area (Å²) in [5.74, 6) is 3.57. The van der Waals surface area contributed by atoms with E-state index in [1.54, 1.807) is 24.3 Å². The molecule has 2 aromatic rings. The van der Waals surface area contributed by atoms with Gasteiger partial charge in [0, 0.05) is 0 Å². The summed E-state index contributed by atoms with van der Waals surface area (Å²) in [5, 5.41) is 9.54. The second kappa shape index (κ2) is 5.06. The molecule has 16 heavy (non-hydrogen) atoms. The second-order valence-electron chi connectivity index (χ2n) is 3.08. The summed E-state index contributed by atoms with van der Waals surface area (Å²) in [6.07, 6.45) is 2.95. The fourth-order valence-corrected chi connectivity index (χ4v) is 1.15. The normalized spacial score (nSPS) is 11.3. The van der Waals surface area contributed by atoms with Crippen molar-refractivity contribution in [3.63, 3.8) is 0 Å². The third-order valence-electron chi connectivity index (χ3n) is 1.92. The summed E-state index contributed by atoms with van der Waals surface area (Å²) in [6, 6.07) is 12.5. The number of benzene rings is 1. The molecule has 0 aliphatic carbocycles. The molecule has 0 bridgehead atoms. The van der Waals surface area contributed by atoms with Crippen LogP contribution in [-0.4, -0.2) is 5.11 Å². The lowest BCUT2D eigenvalue weighted by atomic mass is 10.3. The quantitative estimate of drug-likeness (QED) is 0.780. The van der Waals surface area contributed by atoms with E-state index in [1.807, 2.05) is 18.2 Å². The summed E-state index contributed by atoms with van der Waals surface area (Å²) in [5.41, 5.74) is 0. The van der Waals surface area contributed by atoms with Crippen molar-refractivity contribution in [2.24, 2.45) is 0 Å². The van der Waals surface area contributed by atoms with E-state index in [2.05, 4.69) is 12.0 Å². The van der Waals surface area contributed by atoms with E-state index in [-0.39, 0.29) is 0 Å². The predicted molar refractivity (Wildman–Crippen MR) is 58.5 cm³/mol. The first kappa shape index (κ1) is 10.3. The van der Waals surface area contributed by atoms with Gasteiger partial charge in [0.05, 0.1) is 6.26 Å². The molecular formula is C13H10O3. The highest BCUT2D eigenvalue weighted by Gasteiger charge is 2.05. The van der Waals surface area contributed by atoms with Crippen LogP contribution in [0, 0.1) is 12.0 Å². The Morgan fingerprint density at radius 2 is 1.94 bits per heavy atom. The third kappa shape index (κ3) is 2.66. The van der Waals surface area contributed by atoms with Crippen molar-refractivity contribution in [2.75, 3.05) is 0 Å². The minimum absolute atomic E-state index is 0.407. The van der Waals surface area contributed by atoms with Crippen molar-refractivity contribution in [3.05, 3.63) is 54.5 Å². The van der Waals surface area contributed by atoms with Gasteiger partial charge in [-0.05, 0) is 30.2 Å². The van der Waals surface area contributed by atoms with Crippen LogP contribution in [0.3, 0.4) is 0 Å². The van der Waals surface area contributed by atoms with Gasteiger partial charge in [-0.15, -0.1) is 0 Å². The molecule has 1 atom stereocenters. The molecule has 0 amide bonds. The Kier molecular flexibility index (Phi) is 3.27. The molecule has 0 saturated heterocycles. The van der Waals surface area contributed by atoms with Crippen LogP contribution in [0.4, 0.5) is 0 Å². The number of para-hydroxylation sites is 1. The minimum Gasteiger partial charge on any atom is -0.466 e. The fourth-order valence-electron chi connectivity index (χ4n) is 1.15. The molecule has 1 N–H and O–H groups in total. The first-order chi connectivity index (χ1) is 7.86. The predicted octanol–water partition coefficient (Wildman–Crippen LogP) is 2.35. The smallest absolute Gasteiger partial charge is 0.176 e. The van der Waals surface area contributed by atoms with Crippen LogP contribution in [0.15, 0.2) is 53.1 Å². The van der Waals surface area contributed by atoms with Gasteiger partial charge in [0.25, 0.3) is 0 Å². The van der Waals surface area contributed by atoms with E-state index >= 15 is 0 Å². The van der Waals surface area contributed by atoms with Gasteiger partial charge in [0.1, 0.15) is 17.6 Å². The Balaban J connectivity index is 1.96. The van der Waals surface area contributed by atoms with E-state index in [1.165, 1.54) is 6.26 Å². The number of hydrogen-bond donors (Lipinski definition) is 1. The number of furan rings is 1. The molecular weight excluding hydrogens is 204 g/mol. The lowest BCUT2D eigenvalue weighted by Crippen LogP contribution is -1.92. The number of aliphatic hydroxyl groups excluding tert-OH is 1. The molecule has 0 radical (unpaired) electrons. The van der Waals surface area contributed by atoms with Crippen molar-refractivity contribution < 1.29 is 14.3 Å². The standard InChI is InChI=1S/C13H10O3/c14-12(13-7-4-9-16-13)8-10-15-11-5-2-1-3-6-11/h1-7,9,12,14H. The molecule has 80 valence electrons. The van der Waals surface area contributed by atoms with Gasteiger partial charge in [-0.1, -0.05) is 18.2 Å². The number of ether oxygens (including phenoxy) is 1. The second-order valence-corrected chi connectivity index (χ2v) is 3.08. The average molecular weight is 214 g/mol. The maximum atomic E-state index is 9.54. The SMILES string of the molecule is OC(C#COc1ccccc1)c1ccco1. The fraction of sp³-hybridized carbons (Fsp3) is 0.0769. The third-order valence-corrected chi connectivity index (χ3v) is 1.92. The molecule has 0 fully saturated rings. The lowest BCUT2D eigenvalue weighted by molar-refractivity contribution is 0.205. The van der Waals surface area contributed by atoms with Gasteiger partial charge in [0.15, 0.2) is 6.10 Å². The largest absolute Gasteiger partial charge is 0.466 e. The van der Waals surface area contributed by atoms with E-state index < -0.39 is 6.10 Å². The van der Waals surface area contributed by atoms with E-state index in [4.69, 9.17) is 9.15 Å². The molecule has 1 heterocycles. The lowest BCUT2D eigenvalue weighted by Gasteiger charge is -1.97. The van der Waals surface area contributed by atoms with Crippen molar-refractivity contribution in [1.29, 1.82) is 0 Å². The molecule has 0 saturated carbocycles. The molecule has 3 heteroatoms. The van der Waals surface area contributed by atoms with E-state index in [0.29, 0.717) is 11.5 Å². The van der Waals surface area contributed by atoms with Crippen LogP contribution in [-0.2, 0) is 0 Å². The van der Waals surface area contributed by atoms with Crippen molar-refractivity contribution >= 4 is 0 Å². The summed E-state index contributed by atoms with van der Waals surface area (Å²) in [7, 11) is 0. The molecule has 0 spiro atoms. The van der Waals surface area contributed by atoms with Crippen LogP contribution >= 0.6 is 0 Å². The Hall–Kier alpha value is -2.18. The van der Waals surface area contributed by atoms with Crippen LogP contribution in [0.2, 0.25) is 0 Å².